The van der Waals surface area contributed by atoms with Gasteiger partial charge in [0.05, 0.1) is 18.3 Å². The molecular weight excluding hydrogens is 154 g/mol. The van der Waals surface area contributed by atoms with E-state index >= 15 is 0 Å². The van der Waals surface area contributed by atoms with E-state index in [0.29, 0.717) is 0 Å². The van der Waals surface area contributed by atoms with Crippen molar-refractivity contribution < 1.29 is 0 Å². The predicted molar refractivity (Wildman–Crippen MR) is 44.2 cm³/mol. The van der Waals surface area contributed by atoms with Crippen molar-refractivity contribution in [3.8, 4) is 11.8 Å². The molecule has 5 heteroatoms. The summed E-state index contributed by atoms with van der Waals surface area (Å²) in [5.74, 6) is 5.52. The first kappa shape index (κ1) is 8.18. The maximum Gasteiger partial charge on any atom is 0.0880 e. The Labute approximate surface area is 69.4 Å². The Hall–Kier alpha value is -1.92. The van der Waals surface area contributed by atoms with Crippen LogP contribution in [0, 0.1) is 18.8 Å². The molecule has 0 spiro atoms. The third kappa shape index (κ3) is 2.04. The zero-order valence-electron chi connectivity index (χ0n) is 6.57. The van der Waals surface area contributed by atoms with Gasteiger partial charge < -0.3 is 0 Å². The molecule has 0 aliphatic heterocycles. The van der Waals surface area contributed by atoms with Crippen LogP contribution in [0.2, 0.25) is 0 Å². The van der Waals surface area contributed by atoms with E-state index in [9.17, 15) is 0 Å². The van der Waals surface area contributed by atoms with Crippen molar-refractivity contribution >= 4 is 0 Å². The number of rotatable bonds is 1. The summed E-state index contributed by atoms with van der Waals surface area (Å²) in [6.07, 6.45) is 1.64. The van der Waals surface area contributed by atoms with Gasteiger partial charge in [-0.2, -0.15) is 5.10 Å². The summed E-state index contributed by atoms with van der Waals surface area (Å²) in [7, 11) is 0. The largest absolute Gasteiger partial charge is 0.282 e. The van der Waals surface area contributed by atoms with E-state index in [1.165, 1.54) is 0 Å². The Balaban J connectivity index is 2.66. The molecule has 1 aromatic heterocycles. The normalized spacial score (nSPS) is 8.08. The van der Waals surface area contributed by atoms with Crippen molar-refractivity contribution in [2.24, 2.45) is 5.11 Å². The number of aromatic nitrogens is 2. The van der Waals surface area contributed by atoms with Crippen molar-refractivity contribution in [3.05, 3.63) is 27.9 Å². The topological polar surface area (TPSA) is 77.4 Å². The molecule has 0 aliphatic rings. The summed E-state index contributed by atoms with van der Waals surface area (Å²) >= 11 is 0. The Bertz CT molecular complexity index is 361. The van der Waals surface area contributed by atoms with Gasteiger partial charge in [-0.15, -0.1) is 0 Å². The number of nitrogens with one attached hydrogen (secondary N) is 1. The Kier molecular flexibility index (Phi) is 2.77. The van der Waals surface area contributed by atoms with Crippen LogP contribution in [0.5, 0.6) is 0 Å². The van der Waals surface area contributed by atoms with E-state index in [1.807, 2.05) is 6.92 Å². The Morgan fingerprint density at radius 3 is 3.25 bits per heavy atom. The smallest absolute Gasteiger partial charge is 0.0880 e. The van der Waals surface area contributed by atoms with Gasteiger partial charge in [-0.1, -0.05) is 17.0 Å². The minimum Gasteiger partial charge on any atom is -0.282 e. The molecule has 1 heterocycles. The summed E-state index contributed by atoms with van der Waals surface area (Å²) in [5.41, 5.74) is 9.71. The third-order valence-electron chi connectivity index (χ3n) is 1.27. The van der Waals surface area contributed by atoms with Crippen LogP contribution in [0.1, 0.15) is 11.3 Å². The van der Waals surface area contributed by atoms with E-state index in [4.69, 9.17) is 5.53 Å². The molecule has 0 aromatic carbocycles. The summed E-state index contributed by atoms with van der Waals surface area (Å²) < 4.78 is 0. The number of azide groups is 1. The summed E-state index contributed by atoms with van der Waals surface area (Å²) in [4.78, 5) is 2.58. The predicted octanol–water partition coefficient (Wildman–Crippen LogP) is 1.38. The highest BCUT2D eigenvalue weighted by molar-refractivity contribution is 5.35. The van der Waals surface area contributed by atoms with Gasteiger partial charge in [0.2, 0.25) is 0 Å². The van der Waals surface area contributed by atoms with E-state index in [1.54, 1.807) is 6.20 Å². The number of nitrogens with zero attached hydrogens (tertiary/aromatic N) is 4. The first-order valence-corrected chi connectivity index (χ1v) is 3.34. The van der Waals surface area contributed by atoms with Crippen LogP contribution in [0.25, 0.3) is 10.4 Å². The van der Waals surface area contributed by atoms with Crippen LogP contribution < -0.4 is 0 Å². The molecule has 1 rings (SSSR count). The van der Waals surface area contributed by atoms with Gasteiger partial charge in [0.1, 0.15) is 0 Å². The van der Waals surface area contributed by atoms with Gasteiger partial charge in [-0.05, 0) is 12.5 Å². The SMILES string of the molecule is Cc1[nH]ncc1C#CCN=[N+]=[N-]. The summed E-state index contributed by atoms with van der Waals surface area (Å²) in [5, 5.41) is 9.82. The Morgan fingerprint density at radius 2 is 2.67 bits per heavy atom. The highest BCUT2D eigenvalue weighted by Gasteiger charge is 1.92. The number of aromatic amines is 1. The standard InChI is InChI=1S/C7H7N5/c1-6-7(5-10-11-6)3-2-4-9-12-8/h5H,4H2,1H3,(H,10,11). The second-order valence-corrected chi connectivity index (χ2v) is 2.10. The zero-order valence-corrected chi connectivity index (χ0v) is 6.57. The zero-order chi connectivity index (χ0) is 8.81. The quantitative estimate of drug-likeness (QED) is 0.287. The number of aryl methyl sites for hydroxylation is 1. The lowest BCUT2D eigenvalue weighted by molar-refractivity contribution is 1.05. The molecule has 0 bridgehead atoms. The molecule has 1 aromatic rings. The third-order valence-corrected chi connectivity index (χ3v) is 1.27. The lowest BCUT2D eigenvalue weighted by Gasteiger charge is -1.81. The first-order chi connectivity index (χ1) is 5.84. The van der Waals surface area contributed by atoms with Crippen LogP contribution >= 0.6 is 0 Å². The minimum atomic E-state index is 0.196. The van der Waals surface area contributed by atoms with Gasteiger partial charge in [-0.3, -0.25) is 5.10 Å². The molecule has 0 saturated heterocycles. The molecule has 12 heavy (non-hydrogen) atoms. The van der Waals surface area contributed by atoms with E-state index in [0.717, 1.165) is 11.3 Å². The molecule has 5 nitrogen and oxygen atoms in total. The second kappa shape index (κ2) is 4.06. The van der Waals surface area contributed by atoms with Crippen molar-refractivity contribution in [3.63, 3.8) is 0 Å². The highest BCUT2D eigenvalue weighted by Crippen LogP contribution is 1.98. The van der Waals surface area contributed by atoms with Crippen LogP contribution in [0.3, 0.4) is 0 Å². The number of hydrogen-bond acceptors (Lipinski definition) is 2. The first-order valence-electron chi connectivity index (χ1n) is 3.34. The molecule has 0 fully saturated rings. The average molecular weight is 161 g/mol. The fourth-order valence-electron chi connectivity index (χ4n) is 0.678. The molecule has 0 amide bonds. The van der Waals surface area contributed by atoms with Crippen LogP contribution in [0.15, 0.2) is 11.3 Å². The lowest BCUT2D eigenvalue weighted by Crippen LogP contribution is -1.76. The van der Waals surface area contributed by atoms with E-state index in [2.05, 4.69) is 32.1 Å². The minimum absolute atomic E-state index is 0.196. The number of H-pyrrole nitrogens is 1. The van der Waals surface area contributed by atoms with Gasteiger partial charge in [0.15, 0.2) is 0 Å². The molecule has 0 radical (unpaired) electrons. The van der Waals surface area contributed by atoms with E-state index in [-0.39, 0.29) is 6.54 Å². The highest BCUT2D eigenvalue weighted by atomic mass is 15.1. The van der Waals surface area contributed by atoms with Gasteiger partial charge in [0, 0.05) is 10.6 Å². The van der Waals surface area contributed by atoms with Crippen molar-refractivity contribution in [2.75, 3.05) is 6.54 Å². The van der Waals surface area contributed by atoms with Crippen LogP contribution in [-0.2, 0) is 0 Å². The fraction of sp³-hybridized carbons (Fsp3) is 0.286. The fourth-order valence-corrected chi connectivity index (χ4v) is 0.678. The molecule has 0 aliphatic carbocycles. The van der Waals surface area contributed by atoms with E-state index < -0.39 is 0 Å². The maximum absolute atomic E-state index is 7.95. The molecule has 0 unspecified atom stereocenters. The van der Waals surface area contributed by atoms with Gasteiger partial charge >= 0.3 is 0 Å². The van der Waals surface area contributed by atoms with Crippen molar-refractivity contribution in [1.29, 1.82) is 0 Å². The van der Waals surface area contributed by atoms with Crippen LogP contribution in [0.4, 0.5) is 0 Å². The van der Waals surface area contributed by atoms with Gasteiger partial charge in [0.25, 0.3) is 0 Å². The number of hydrogen-bond donors (Lipinski definition) is 1. The monoisotopic (exact) mass is 161 g/mol. The average Bonchev–Trinajstić information content (AvgIpc) is 2.46. The Morgan fingerprint density at radius 1 is 1.83 bits per heavy atom. The van der Waals surface area contributed by atoms with Crippen LogP contribution in [-0.4, -0.2) is 16.7 Å². The van der Waals surface area contributed by atoms with Gasteiger partial charge in [-0.25, -0.2) is 0 Å². The second-order valence-electron chi connectivity index (χ2n) is 2.10. The lowest BCUT2D eigenvalue weighted by atomic mass is 10.3. The van der Waals surface area contributed by atoms with Crippen molar-refractivity contribution in [2.45, 2.75) is 6.92 Å². The molecule has 0 saturated carbocycles. The molecular formula is C7H7N5. The maximum atomic E-state index is 7.95. The molecule has 0 atom stereocenters. The molecule has 60 valence electrons. The summed E-state index contributed by atoms with van der Waals surface area (Å²) in [6.45, 7) is 2.08. The summed E-state index contributed by atoms with van der Waals surface area (Å²) in [6, 6.07) is 0. The van der Waals surface area contributed by atoms with Crippen molar-refractivity contribution in [1.82, 2.24) is 10.2 Å². The molecule has 1 N–H and O–H groups in total.